The smallest absolute Gasteiger partial charge is 0.241 e. The van der Waals surface area contributed by atoms with E-state index in [1.165, 1.54) is 0 Å². The zero-order valence-electron chi connectivity index (χ0n) is 15.0. The fraction of sp³-hybridized carbons (Fsp3) is 0.350. The molecule has 0 spiro atoms. The van der Waals surface area contributed by atoms with E-state index in [1.54, 1.807) is 0 Å². The van der Waals surface area contributed by atoms with Crippen LogP contribution in [-0.2, 0) is 4.79 Å². The Bertz CT molecular complexity index is 745. The van der Waals surface area contributed by atoms with Crippen molar-refractivity contribution in [1.82, 2.24) is 4.90 Å². The number of hydrogen-bond acceptors (Lipinski definition) is 4. The number of halogens is 1. The van der Waals surface area contributed by atoms with Gasteiger partial charge < -0.3 is 19.9 Å². The standard InChI is InChI=1S/C20H24ClN3O2/c1-2-26-19-9-4-3-8-18(19)22-15-20(25)24-12-10-23(11-13-24)17-7-5-6-16(21)14-17/h3-9,14,22H,2,10-13,15H2,1H3. The molecule has 0 aliphatic carbocycles. The molecule has 1 saturated heterocycles. The highest BCUT2D eigenvalue weighted by atomic mass is 35.5. The number of anilines is 2. The van der Waals surface area contributed by atoms with E-state index in [2.05, 4.69) is 16.3 Å². The van der Waals surface area contributed by atoms with E-state index < -0.39 is 0 Å². The average Bonchev–Trinajstić information content (AvgIpc) is 2.67. The van der Waals surface area contributed by atoms with Gasteiger partial charge in [-0.2, -0.15) is 0 Å². The first-order valence-corrected chi connectivity index (χ1v) is 9.29. The highest BCUT2D eigenvalue weighted by Gasteiger charge is 2.21. The van der Waals surface area contributed by atoms with Gasteiger partial charge in [-0.3, -0.25) is 4.79 Å². The van der Waals surface area contributed by atoms with Crippen LogP contribution in [0.4, 0.5) is 11.4 Å². The van der Waals surface area contributed by atoms with Gasteiger partial charge >= 0.3 is 0 Å². The van der Waals surface area contributed by atoms with E-state index in [0.717, 1.165) is 35.2 Å². The number of carbonyl (C=O) groups excluding carboxylic acids is 1. The summed E-state index contributed by atoms with van der Waals surface area (Å²) < 4.78 is 5.58. The minimum atomic E-state index is 0.0991. The van der Waals surface area contributed by atoms with Crippen LogP contribution < -0.4 is 15.0 Å². The van der Waals surface area contributed by atoms with Gasteiger partial charge in [0, 0.05) is 36.9 Å². The Morgan fingerprint density at radius 2 is 1.88 bits per heavy atom. The first-order chi connectivity index (χ1) is 12.7. The Hall–Kier alpha value is -2.40. The molecule has 1 heterocycles. The summed E-state index contributed by atoms with van der Waals surface area (Å²) in [7, 11) is 0. The molecule has 1 fully saturated rings. The van der Waals surface area contributed by atoms with Gasteiger partial charge in [0.1, 0.15) is 5.75 Å². The highest BCUT2D eigenvalue weighted by Crippen LogP contribution is 2.24. The summed E-state index contributed by atoms with van der Waals surface area (Å²) >= 11 is 6.07. The number of nitrogens with zero attached hydrogens (tertiary/aromatic N) is 2. The maximum absolute atomic E-state index is 12.5. The van der Waals surface area contributed by atoms with Crippen LogP contribution in [0, 0.1) is 0 Å². The van der Waals surface area contributed by atoms with Crippen LogP contribution in [-0.4, -0.2) is 50.1 Å². The molecule has 138 valence electrons. The Balaban J connectivity index is 1.51. The summed E-state index contributed by atoms with van der Waals surface area (Å²) in [4.78, 5) is 16.7. The second-order valence-electron chi connectivity index (χ2n) is 6.13. The molecule has 1 amide bonds. The number of rotatable bonds is 6. The molecule has 5 nitrogen and oxygen atoms in total. The third-order valence-corrected chi connectivity index (χ3v) is 4.66. The van der Waals surface area contributed by atoms with Gasteiger partial charge in [-0.05, 0) is 37.3 Å². The van der Waals surface area contributed by atoms with Gasteiger partial charge in [0.2, 0.25) is 5.91 Å². The lowest BCUT2D eigenvalue weighted by Crippen LogP contribution is -2.50. The van der Waals surface area contributed by atoms with Gasteiger partial charge in [-0.15, -0.1) is 0 Å². The fourth-order valence-corrected chi connectivity index (χ4v) is 3.25. The molecule has 1 aliphatic heterocycles. The molecular formula is C20H24ClN3O2. The summed E-state index contributed by atoms with van der Waals surface area (Å²) in [5.41, 5.74) is 1.95. The van der Waals surface area contributed by atoms with E-state index in [1.807, 2.05) is 54.3 Å². The maximum atomic E-state index is 12.5. The van der Waals surface area contributed by atoms with Crippen LogP contribution >= 0.6 is 11.6 Å². The molecule has 1 aliphatic rings. The van der Waals surface area contributed by atoms with Gasteiger partial charge in [-0.1, -0.05) is 29.8 Å². The largest absolute Gasteiger partial charge is 0.492 e. The lowest BCUT2D eigenvalue weighted by atomic mass is 10.2. The molecule has 0 saturated carbocycles. The number of amides is 1. The van der Waals surface area contributed by atoms with Crippen molar-refractivity contribution >= 4 is 28.9 Å². The number of carbonyl (C=O) groups is 1. The maximum Gasteiger partial charge on any atom is 0.241 e. The number of nitrogens with one attached hydrogen (secondary N) is 1. The number of para-hydroxylation sites is 2. The average molecular weight is 374 g/mol. The minimum Gasteiger partial charge on any atom is -0.492 e. The number of hydrogen-bond donors (Lipinski definition) is 1. The Morgan fingerprint density at radius 1 is 1.12 bits per heavy atom. The summed E-state index contributed by atoms with van der Waals surface area (Å²) in [5.74, 6) is 0.871. The van der Waals surface area contributed by atoms with Crippen molar-refractivity contribution < 1.29 is 9.53 Å². The van der Waals surface area contributed by atoms with Gasteiger partial charge in [0.15, 0.2) is 0 Å². The van der Waals surface area contributed by atoms with Crippen molar-refractivity contribution in [2.24, 2.45) is 0 Å². The summed E-state index contributed by atoms with van der Waals surface area (Å²) in [5, 5.41) is 3.93. The van der Waals surface area contributed by atoms with Crippen molar-refractivity contribution in [3.63, 3.8) is 0 Å². The van der Waals surface area contributed by atoms with Gasteiger partial charge in [0.25, 0.3) is 0 Å². The van der Waals surface area contributed by atoms with Crippen LogP contribution in [0.25, 0.3) is 0 Å². The van der Waals surface area contributed by atoms with Crippen molar-refractivity contribution in [2.75, 3.05) is 49.5 Å². The van der Waals surface area contributed by atoms with E-state index in [0.29, 0.717) is 19.7 Å². The molecule has 0 bridgehead atoms. The molecule has 1 N–H and O–H groups in total. The lowest BCUT2D eigenvalue weighted by molar-refractivity contribution is -0.129. The predicted molar refractivity (Wildman–Crippen MR) is 106 cm³/mol. The van der Waals surface area contributed by atoms with E-state index in [-0.39, 0.29) is 12.5 Å². The summed E-state index contributed by atoms with van der Waals surface area (Å²) in [6.07, 6.45) is 0. The van der Waals surface area contributed by atoms with Crippen LogP contribution in [0.15, 0.2) is 48.5 Å². The van der Waals surface area contributed by atoms with Crippen molar-refractivity contribution in [3.8, 4) is 5.75 Å². The molecule has 0 unspecified atom stereocenters. The Kier molecular flexibility index (Phi) is 6.23. The molecule has 0 radical (unpaired) electrons. The van der Waals surface area contributed by atoms with E-state index in [4.69, 9.17) is 16.3 Å². The summed E-state index contributed by atoms with van der Waals surface area (Å²) in [6.45, 7) is 5.84. The highest BCUT2D eigenvalue weighted by molar-refractivity contribution is 6.30. The SMILES string of the molecule is CCOc1ccccc1NCC(=O)N1CCN(c2cccc(Cl)c2)CC1. The van der Waals surface area contributed by atoms with Crippen molar-refractivity contribution in [3.05, 3.63) is 53.6 Å². The molecule has 2 aromatic carbocycles. The first kappa shape index (κ1) is 18.4. The second-order valence-corrected chi connectivity index (χ2v) is 6.57. The van der Waals surface area contributed by atoms with Crippen LogP contribution in [0.3, 0.4) is 0 Å². The van der Waals surface area contributed by atoms with Crippen LogP contribution in [0.5, 0.6) is 5.75 Å². The zero-order valence-corrected chi connectivity index (χ0v) is 15.7. The quantitative estimate of drug-likeness (QED) is 0.841. The predicted octanol–water partition coefficient (Wildman–Crippen LogP) is 3.50. The van der Waals surface area contributed by atoms with Crippen LogP contribution in [0.2, 0.25) is 5.02 Å². The Labute approximate surface area is 159 Å². The fourth-order valence-electron chi connectivity index (χ4n) is 3.06. The first-order valence-electron chi connectivity index (χ1n) is 8.91. The molecular weight excluding hydrogens is 350 g/mol. The molecule has 26 heavy (non-hydrogen) atoms. The number of benzene rings is 2. The van der Waals surface area contributed by atoms with Gasteiger partial charge in [-0.25, -0.2) is 0 Å². The number of ether oxygens (including phenoxy) is 1. The molecule has 2 aromatic rings. The molecule has 6 heteroatoms. The van der Waals surface area contributed by atoms with E-state index >= 15 is 0 Å². The molecule has 3 rings (SSSR count). The van der Waals surface area contributed by atoms with Crippen molar-refractivity contribution in [2.45, 2.75) is 6.92 Å². The summed E-state index contributed by atoms with van der Waals surface area (Å²) in [6, 6.07) is 15.5. The normalized spacial score (nSPS) is 14.2. The third-order valence-electron chi connectivity index (χ3n) is 4.42. The number of piperazine rings is 1. The second kappa shape index (κ2) is 8.81. The third kappa shape index (κ3) is 4.61. The van der Waals surface area contributed by atoms with Crippen molar-refractivity contribution in [1.29, 1.82) is 0 Å². The van der Waals surface area contributed by atoms with E-state index in [9.17, 15) is 4.79 Å². The minimum absolute atomic E-state index is 0.0991. The zero-order chi connectivity index (χ0) is 18.4. The molecule has 0 atom stereocenters. The molecule has 0 aromatic heterocycles. The van der Waals surface area contributed by atoms with Crippen LogP contribution in [0.1, 0.15) is 6.92 Å². The topological polar surface area (TPSA) is 44.8 Å². The monoisotopic (exact) mass is 373 g/mol. The lowest BCUT2D eigenvalue weighted by Gasteiger charge is -2.36. The van der Waals surface area contributed by atoms with Gasteiger partial charge in [0.05, 0.1) is 18.8 Å². The Morgan fingerprint density at radius 3 is 2.62 bits per heavy atom.